The summed E-state index contributed by atoms with van der Waals surface area (Å²) in [6.45, 7) is 0. The number of amides is 1. The fourth-order valence-corrected chi connectivity index (χ4v) is 2.48. The highest BCUT2D eigenvalue weighted by molar-refractivity contribution is 6.33. The Labute approximate surface area is 122 Å². The normalized spacial score (nSPS) is 15.9. The lowest BCUT2D eigenvalue weighted by molar-refractivity contribution is 0.0929. The van der Waals surface area contributed by atoms with E-state index in [9.17, 15) is 4.79 Å². The molecule has 1 aliphatic carbocycles. The third-order valence-corrected chi connectivity index (χ3v) is 3.83. The Bertz CT molecular complexity index is 636. The lowest BCUT2D eigenvalue weighted by atomic mass is 10.1. The minimum absolute atomic E-state index is 0.0632. The number of halogens is 1. The molecule has 1 fully saturated rings. The van der Waals surface area contributed by atoms with Crippen molar-refractivity contribution in [3.05, 3.63) is 47.3 Å². The highest BCUT2D eigenvalue weighted by atomic mass is 35.5. The first kappa shape index (κ1) is 13.1. The highest BCUT2D eigenvalue weighted by Gasteiger charge is 2.36. The number of imidazole rings is 1. The second-order valence-corrected chi connectivity index (χ2v) is 5.45. The molecule has 0 bridgehead atoms. The van der Waals surface area contributed by atoms with E-state index in [0.717, 1.165) is 18.7 Å². The third-order valence-electron chi connectivity index (χ3n) is 3.53. The van der Waals surface area contributed by atoms with Crippen LogP contribution in [0.4, 0.5) is 0 Å². The van der Waals surface area contributed by atoms with E-state index in [0.29, 0.717) is 16.5 Å². The molecular weight excluding hydrogens is 276 g/mol. The van der Waals surface area contributed by atoms with Crippen LogP contribution >= 0.6 is 11.6 Å². The largest absolute Gasteiger partial charge is 0.342 e. The van der Waals surface area contributed by atoms with E-state index >= 15 is 0 Å². The first-order valence-corrected chi connectivity index (χ1v) is 6.92. The van der Waals surface area contributed by atoms with Gasteiger partial charge in [-0.1, -0.05) is 11.6 Å². The number of rotatable bonds is 4. The van der Waals surface area contributed by atoms with Crippen molar-refractivity contribution in [2.24, 2.45) is 13.0 Å². The van der Waals surface area contributed by atoms with Crippen LogP contribution in [0.1, 0.15) is 35.1 Å². The summed E-state index contributed by atoms with van der Waals surface area (Å²) in [6.07, 6.45) is 8.90. The van der Waals surface area contributed by atoms with Crippen LogP contribution in [0.3, 0.4) is 0 Å². The maximum atomic E-state index is 12.4. The van der Waals surface area contributed by atoms with E-state index in [1.54, 1.807) is 18.5 Å². The van der Waals surface area contributed by atoms with E-state index in [4.69, 9.17) is 11.6 Å². The molecule has 3 rings (SSSR count). The molecule has 1 atom stereocenters. The van der Waals surface area contributed by atoms with Gasteiger partial charge in [0.2, 0.25) is 0 Å². The summed E-state index contributed by atoms with van der Waals surface area (Å²) in [5.41, 5.74) is 0.446. The van der Waals surface area contributed by atoms with Gasteiger partial charge in [-0.15, -0.1) is 0 Å². The Morgan fingerprint density at radius 2 is 2.30 bits per heavy atom. The van der Waals surface area contributed by atoms with Crippen LogP contribution in [-0.2, 0) is 7.05 Å². The van der Waals surface area contributed by atoms with Gasteiger partial charge in [0.05, 0.1) is 16.6 Å². The fraction of sp³-hybridized carbons (Fsp3) is 0.357. The van der Waals surface area contributed by atoms with Gasteiger partial charge in [0.15, 0.2) is 0 Å². The quantitative estimate of drug-likeness (QED) is 0.940. The molecule has 1 amide bonds. The molecule has 0 aliphatic heterocycles. The molecule has 2 aromatic rings. The molecule has 2 aromatic heterocycles. The van der Waals surface area contributed by atoms with Gasteiger partial charge in [-0.05, 0) is 24.8 Å². The second-order valence-electron chi connectivity index (χ2n) is 5.04. The van der Waals surface area contributed by atoms with Crippen molar-refractivity contribution in [1.29, 1.82) is 0 Å². The fourth-order valence-electron chi connectivity index (χ4n) is 2.28. The van der Waals surface area contributed by atoms with Crippen molar-refractivity contribution in [2.75, 3.05) is 0 Å². The van der Waals surface area contributed by atoms with E-state index in [1.165, 1.54) is 6.20 Å². The van der Waals surface area contributed by atoms with Gasteiger partial charge < -0.3 is 9.88 Å². The first-order chi connectivity index (χ1) is 9.66. The Balaban J connectivity index is 1.83. The van der Waals surface area contributed by atoms with Gasteiger partial charge in [0.25, 0.3) is 5.91 Å². The molecule has 2 heterocycles. The van der Waals surface area contributed by atoms with Gasteiger partial charge in [0, 0.05) is 31.8 Å². The second kappa shape index (κ2) is 5.25. The molecule has 1 saturated carbocycles. The van der Waals surface area contributed by atoms with E-state index in [2.05, 4.69) is 15.3 Å². The molecule has 0 saturated heterocycles. The molecule has 5 nitrogen and oxygen atoms in total. The predicted molar refractivity (Wildman–Crippen MR) is 75.4 cm³/mol. The molecule has 1 aliphatic rings. The summed E-state index contributed by atoms with van der Waals surface area (Å²) < 4.78 is 1.94. The average molecular weight is 291 g/mol. The smallest absolute Gasteiger partial charge is 0.253 e. The van der Waals surface area contributed by atoms with E-state index in [-0.39, 0.29) is 11.9 Å². The van der Waals surface area contributed by atoms with Gasteiger partial charge >= 0.3 is 0 Å². The summed E-state index contributed by atoms with van der Waals surface area (Å²) in [7, 11) is 1.93. The van der Waals surface area contributed by atoms with E-state index < -0.39 is 0 Å². The first-order valence-electron chi connectivity index (χ1n) is 6.54. The van der Waals surface area contributed by atoms with Crippen LogP contribution < -0.4 is 5.32 Å². The zero-order valence-corrected chi connectivity index (χ0v) is 11.8. The SMILES string of the molecule is Cn1ccnc1[C@@H](NC(=O)c1ccncc1Cl)C1CC1. The van der Waals surface area contributed by atoms with Gasteiger partial charge in [-0.25, -0.2) is 4.98 Å². The summed E-state index contributed by atoms with van der Waals surface area (Å²) in [5, 5.41) is 3.41. The molecule has 104 valence electrons. The number of aromatic nitrogens is 3. The van der Waals surface area contributed by atoms with Gasteiger partial charge in [0.1, 0.15) is 5.82 Å². The number of pyridine rings is 1. The molecule has 1 N–H and O–H groups in total. The zero-order valence-electron chi connectivity index (χ0n) is 11.1. The average Bonchev–Trinajstić information content (AvgIpc) is 3.19. The summed E-state index contributed by atoms with van der Waals surface area (Å²) in [4.78, 5) is 20.6. The number of carbonyl (C=O) groups excluding carboxylic acids is 1. The number of nitrogens with zero attached hydrogens (tertiary/aromatic N) is 3. The molecule has 6 heteroatoms. The van der Waals surface area contributed by atoms with Crippen LogP contribution in [0.15, 0.2) is 30.9 Å². The summed E-state index contributed by atoms with van der Waals surface area (Å²) in [6, 6.07) is 1.56. The molecular formula is C14H15ClN4O. The van der Waals surface area contributed by atoms with Crippen molar-refractivity contribution in [3.8, 4) is 0 Å². The molecule has 0 unspecified atom stereocenters. The minimum Gasteiger partial charge on any atom is -0.342 e. The van der Waals surface area contributed by atoms with Crippen LogP contribution in [0.25, 0.3) is 0 Å². The Morgan fingerprint density at radius 1 is 1.50 bits per heavy atom. The Hall–Kier alpha value is -1.88. The van der Waals surface area contributed by atoms with Crippen molar-refractivity contribution in [3.63, 3.8) is 0 Å². The standard InChI is InChI=1S/C14H15ClN4O/c1-19-7-6-17-13(19)12(9-2-3-9)18-14(20)10-4-5-16-8-11(10)15/h4-9,12H,2-3H2,1H3,(H,18,20)/t12-/m0/s1. The van der Waals surface area contributed by atoms with Crippen molar-refractivity contribution in [1.82, 2.24) is 19.9 Å². The highest BCUT2D eigenvalue weighted by Crippen LogP contribution is 2.40. The maximum Gasteiger partial charge on any atom is 0.253 e. The number of carbonyl (C=O) groups is 1. The predicted octanol–water partition coefficient (Wildman–Crippen LogP) is 2.35. The zero-order chi connectivity index (χ0) is 14.1. The molecule has 0 aromatic carbocycles. The Morgan fingerprint density at radius 3 is 2.90 bits per heavy atom. The third kappa shape index (κ3) is 2.54. The van der Waals surface area contributed by atoms with Crippen LogP contribution in [0.2, 0.25) is 5.02 Å². The summed E-state index contributed by atoms with van der Waals surface area (Å²) >= 11 is 6.01. The van der Waals surface area contributed by atoms with Crippen LogP contribution in [0, 0.1) is 5.92 Å². The minimum atomic E-state index is -0.183. The van der Waals surface area contributed by atoms with Crippen LogP contribution in [-0.4, -0.2) is 20.4 Å². The maximum absolute atomic E-state index is 12.4. The van der Waals surface area contributed by atoms with Crippen molar-refractivity contribution >= 4 is 17.5 Å². The molecule has 20 heavy (non-hydrogen) atoms. The monoisotopic (exact) mass is 290 g/mol. The van der Waals surface area contributed by atoms with Crippen molar-refractivity contribution in [2.45, 2.75) is 18.9 Å². The number of hydrogen-bond donors (Lipinski definition) is 1. The number of nitrogens with one attached hydrogen (secondary N) is 1. The molecule has 0 spiro atoms. The van der Waals surface area contributed by atoms with Crippen molar-refractivity contribution < 1.29 is 4.79 Å². The lowest BCUT2D eigenvalue weighted by Crippen LogP contribution is -2.31. The lowest BCUT2D eigenvalue weighted by Gasteiger charge is -2.18. The van der Waals surface area contributed by atoms with Gasteiger partial charge in [-0.3, -0.25) is 9.78 Å². The van der Waals surface area contributed by atoms with Gasteiger partial charge in [-0.2, -0.15) is 0 Å². The summed E-state index contributed by atoms with van der Waals surface area (Å²) in [5.74, 6) is 1.16. The Kier molecular flexibility index (Phi) is 3.44. The van der Waals surface area contributed by atoms with E-state index in [1.807, 2.05) is 17.8 Å². The van der Waals surface area contributed by atoms with Crippen LogP contribution in [0.5, 0.6) is 0 Å². The molecule has 0 radical (unpaired) electrons. The topological polar surface area (TPSA) is 59.8 Å². The number of aryl methyl sites for hydroxylation is 1. The number of hydrogen-bond acceptors (Lipinski definition) is 3.